The maximum absolute atomic E-state index is 13.0. The van der Waals surface area contributed by atoms with Gasteiger partial charge in [0.2, 0.25) is 21.8 Å². The van der Waals surface area contributed by atoms with Gasteiger partial charge in [-0.25, -0.2) is 12.8 Å². The lowest BCUT2D eigenvalue weighted by Gasteiger charge is -2.22. The van der Waals surface area contributed by atoms with E-state index in [2.05, 4.69) is 15.4 Å². The van der Waals surface area contributed by atoms with E-state index in [-0.39, 0.29) is 29.1 Å². The van der Waals surface area contributed by atoms with Crippen LogP contribution in [0.4, 0.5) is 10.1 Å². The minimum atomic E-state index is -3.97. The van der Waals surface area contributed by atoms with Gasteiger partial charge < -0.3 is 10.6 Å². The molecule has 2 amide bonds. The Morgan fingerprint density at radius 1 is 1.13 bits per heavy atom. The van der Waals surface area contributed by atoms with Crippen molar-refractivity contribution in [2.75, 3.05) is 5.32 Å². The van der Waals surface area contributed by atoms with Gasteiger partial charge in [0.25, 0.3) is 0 Å². The Bertz CT molecular complexity index is 1070. The molecule has 1 aliphatic heterocycles. The van der Waals surface area contributed by atoms with Crippen molar-refractivity contribution in [2.45, 2.75) is 50.6 Å². The van der Waals surface area contributed by atoms with Crippen molar-refractivity contribution in [2.24, 2.45) is 5.92 Å². The quantitative estimate of drug-likeness (QED) is 0.607. The highest BCUT2D eigenvalue weighted by Crippen LogP contribution is 2.25. The number of benzene rings is 2. The van der Waals surface area contributed by atoms with E-state index in [1.165, 1.54) is 24.3 Å². The number of carbonyl (C=O) groups is 2. The number of hydrogen-bond donors (Lipinski definition) is 3. The topological polar surface area (TPSA) is 104 Å². The van der Waals surface area contributed by atoms with Crippen molar-refractivity contribution in [1.29, 1.82) is 0 Å². The van der Waals surface area contributed by atoms with Crippen LogP contribution in [-0.4, -0.2) is 26.3 Å². The maximum Gasteiger partial charge on any atom is 0.241 e. The van der Waals surface area contributed by atoms with Crippen LogP contribution in [0.15, 0.2) is 47.4 Å². The van der Waals surface area contributed by atoms with Crippen LogP contribution >= 0.6 is 0 Å². The Morgan fingerprint density at radius 3 is 2.52 bits per heavy atom. The molecule has 1 atom stereocenters. The first-order valence-electron chi connectivity index (χ1n) is 10.1. The minimum absolute atomic E-state index is 0.0411. The molecule has 166 valence electrons. The number of aryl methyl sites for hydroxylation is 1. The highest BCUT2D eigenvalue weighted by atomic mass is 32.2. The fourth-order valence-corrected chi connectivity index (χ4v) is 4.74. The van der Waals surface area contributed by atoms with Crippen molar-refractivity contribution >= 4 is 27.5 Å². The Hall–Kier alpha value is -2.78. The molecule has 2 aromatic carbocycles. The first kappa shape index (κ1) is 22.9. The van der Waals surface area contributed by atoms with Gasteiger partial charge in [-0.15, -0.1) is 0 Å². The summed E-state index contributed by atoms with van der Waals surface area (Å²) in [5.74, 6) is -1.23. The van der Waals surface area contributed by atoms with Gasteiger partial charge in [0.15, 0.2) is 0 Å². The fraction of sp³-hybridized carbons (Fsp3) is 0.364. The highest BCUT2D eigenvalue weighted by Gasteiger charge is 2.29. The minimum Gasteiger partial charge on any atom is -0.351 e. The van der Waals surface area contributed by atoms with Gasteiger partial charge in [0.1, 0.15) is 11.9 Å². The number of nitrogens with one attached hydrogen (secondary N) is 3. The van der Waals surface area contributed by atoms with E-state index in [4.69, 9.17) is 0 Å². The molecule has 1 heterocycles. The molecule has 7 nitrogen and oxygen atoms in total. The van der Waals surface area contributed by atoms with Crippen LogP contribution < -0.4 is 15.4 Å². The lowest BCUT2D eigenvalue weighted by molar-refractivity contribution is -0.123. The summed E-state index contributed by atoms with van der Waals surface area (Å²) >= 11 is 0. The number of carbonyl (C=O) groups excluding carboxylic acids is 2. The predicted octanol–water partition coefficient (Wildman–Crippen LogP) is 2.72. The monoisotopic (exact) mass is 447 g/mol. The van der Waals surface area contributed by atoms with Gasteiger partial charge in [-0.2, -0.15) is 4.72 Å². The number of amides is 2. The zero-order valence-corrected chi connectivity index (χ0v) is 18.3. The Balaban J connectivity index is 1.73. The van der Waals surface area contributed by atoms with E-state index < -0.39 is 22.0 Å². The second kappa shape index (κ2) is 9.57. The third kappa shape index (κ3) is 5.89. The number of rotatable bonds is 7. The van der Waals surface area contributed by atoms with E-state index in [0.29, 0.717) is 30.5 Å². The summed E-state index contributed by atoms with van der Waals surface area (Å²) in [6.45, 7) is 3.65. The SMILES string of the molecule is CC(C)[C@H](NS(=O)(=O)c1ccc2c(c1)CCCC(=O)N2)C(=O)NCc1ccc(F)cc1. The van der Waals surface area contributed by atoms with E-state index in [1.807, 2.05) is 0 Å². The van der Waals surface area contributed by atoms with Gasteiger partial charge in [0, 0.05) is 18.7 Å². The van der Waals surface area contributed by atoms with Gasteiger partial charge in [-0.1, -0.05) is 26.0 Å². The van der Waals surface area contributed by atoms with Crippen LogP contribution in [0.3, 0.4) is 0 Å². The summed E-state index contributed by atoms with van der Waals surface area (Å²) in [5, 5.41) is 5.47. The molecule has 0 spiro atoms. The van der Waals surface area contributed by atoms with Crippen LogP contribution in [0.25, 0.3) is 0 Å². The lowest BCUT2D eigenvalue weighted by atomic mass is 10.0. The van der Waals surface area contributed by atoms with E-state index in [0.717, 1.165) is 5.56 Å². The van der Waals surface area contributed by atoms with Crippen molar-refractivity contribution in [1.82, 2.24) is 10.0 Å². The Kier molecular flexibility index (Phi) is 7.07. The molecule has 9 heteroatoms. The zero-order valence-electron chi connectivity index (χ0n) is 17.4. The molecule has 0 unspecified atom stereocenters. The van der Waals surface area contributed by atoms with Crippen molar-refractivity contribution in [3.63, 3.8) is 0 Å². The number of halogens is 1. The standard InChI is InChI=1S/C22H26FN3O4S/c1-14(2)21(22(28)24-13-15-6-8-17(23)9-7-15)26-31(29,30)18-10-11-19-16(12-18)4-3-5-20(27)25-19/h6-12,14,21,26H,3-5,13H2,1-2H3,(H,24,28)(H,25,27)/t21-/m0/s1. The molecular weight excluding hydrogens is 421 g/mol. The van der Waals surface area contributed by atoms with Gasteiger partial charge in [-0.3, -0.25) is 9.59 Å². The molecule has 3 N–H and O–H groups in total. The smallest absolute Gasteiger partial charge is 0.241 e. The van der Waals surface area contributed by atoms with Crippen LogP contribution in [0, 0.1) is 11.7 Å². The molecule has 0 aliphatic carbocycles. The average molecular weight is 448 g/mol. The predicted molar refractivity (Wildman–Crippen MR) is 115 cm³/mol. The van der Waals surface area contributed by atoms with E-state index in [9.17, 15) is 22.4 Å². The number of hydrogen-bond acceptors (Lipinski definition) is 4. The summed E-state index contributed by atoms with van der Waals surface area (Å²) in [6.07, 6.45) is 1.61. The molecule has 0 saturated heterocycles. The number of fused-ring (bicyclic) bond motifs is 1. The summed E-state index contributed by atoms with van der Waals surface area (Å²) in [7, 11) is -3.97. The summed E-state index contributed by atoms with van der Waals surface area (Å²) in [4.78, 5) is 24.4. The normalized spacial score (nSPS) is 15.0. The van der Waals surface area contributed by atoms with Crippen LogP contribution in [0.5, 0.6) is 0 Å². The molecule has 0 saturated carbocycles. The summed E-state index contributed by atoms with van der Waals surface area (Å²) in [6, 6.07) is 9.25. The molecule has 1 aliphatic rings. The van der Waals surface area contributed by atoms with Crippen molar-refractivity contribution in [3.05, 3.63) is 59.4 Å². The van der Waals surface area contributed by atoms with Crippen LogP contribution in [0.2, 0.25) is 0 Å². The molecule has 3 rings (SSSR count). The fourth-order valence-electron chi connectivity index (χ4n) is 3.35. The number of sulfonamides is 1. The summed E-state index contributed by atoms with van der Waals surface area (Å²) in [5.41, 5.74) is 2.06. The maximum atomic E-state index is 13.0. The first-order valence-corrected chi connectivity index (χ1v) is 11.6. The highest BCUT2D eigenvalue weighted by molar-refractivity contribution is 7.89. The molecule has 0 bridgehead atoms. The van der Waals surface area contributed by atoms with Gasteiger partial charge in [0.05, 0.1) is 4.90 Å². The first-order chi connectivity index (χ1) is 14.7. The third-order valence-corrected chi connectivity index (χ3v) is 6.56. The van der Waals surface area contributed by atoms with E-state index >= 15 is 0 Å². The van der Waals surface area contributed by atoms with E-state index in [1.54, 1.807) is 32.0 Å². The zero-order chi connectivity index (χ0) is 22.6. The molecule has 2 aromatic rings. The molecule has 0 fully saturated rings. The third-order valence-electron chi connectivity index (χ3n) is 5.12. The van der Waals surface area contributed by atoms with Gasteiger partial charge >= 0.3 is 0 Å². The van der Waals surface area contributed by atoms with Crippen LogP contribution in [-0.2, 0) is 32.6 Å². The molecule has 0 radical (unpaired) electrons. The molecule has 31 heavy (non-hydrogen) atoms. The average Bonchev–Trinajstić information content (AvgIpc) is 2.91. The van der Waals surface area contributed by atoms with Gasteiger partial charge in [-0.05, 0) is 60.2 Å². The second-order valence-electron chi connectivity index (χ2n) is 7.91. The largest absolute Gasteiger partial charge is 0.351 e. The molecular formula is C22H26FN3O4S. The van der Waals surface area contributed by atoms with Crippen LogP contribution in [0.1, 0.15) is 37.8 Å². The summed E-state index contributed by atoms with van der Waals surface area (Å²) < 4.78 is 41.5. The second-order valence-corrected chi connectivity index (χ2v) is 9.62. The molecule has 0 aromatic heterocycles. The lowest BCUT2D eigenvalue weighted by Crippen LogP contribution is -2.49. The number of anilines is 1. The Morgan fingerprint density at radius 2 is 1.84 bits per heavy atom. The van der Waals surface area contributed by atoms with Crippen molar-refractivity contribution in [3.8, 4) is 0 Å². The van der Waals surface area contributed by atoms with Crippen molar-refractivity contribution < 1.29 is 22.4 Å². The Labute approximate surface area is 181 Å².